The molecule has 4 amide bonds. The minimum atomic E-state index is -0.922. The Labute approximate surface area is 569 Å². The van der Waals surface area contributed by atoms with E-state index in [0.29, 0.717) is 71.1 Å². The van der Waals surface area contributed by atoms with Gasteiger partial charge in [0.05, 0.1) is 19.2 Å². The lowest BCUT2D eigenvalue weighted by atomic mass is 9.93. The summed E-state index contributed by atoms with van der Waals surface area (Å²) < 4.78 is 28.9. The highest BCUT2D eigenvalue weighted by Crippen LogP contribution is 2.46. The Morgan fingerprint density at radius 2 is 0.804 bits per heavy atom. The van der Waals surface area contributed by atoms with Crippen LogP contribution < -0.4 is 10.6 Å². The number of hydrogen-bond acceptors (Lipinski definition) is 15. The fraction of sp³-hybridized carbons (Fsp3) is 0.449. The zero-order valence-electron chi connectivity index (χ0n) is 56.8. The maximum absolute atomic E-state index is 14.2. The molecule has 3 N–H and O–H groups in total. The van der Waals surface area contributed by atoms with Gasteiger partial charge in [0.2, 0.25) is 11.8 Å². The maximum Gasteiger partial charge on any atom is 0.410 e. The minimum Gasteiger partial charge on any atom is -0.462 e. The van der Waals surface area contributed by atoms with Gasteiger partial charge in [0.25, 0.3) is 0 Å². The minimum absolute atomic E-state index is 0.108. The van der Waals surface area contributed by atoms with Crippen molar-refractivity contribution >= 4 is 41.9 Å². The molecule has 19 nitrogen and oxygen atoms in total. The van der Waals surface area contributed by atoms with Crippen LogP contribution in [0.4, 0.5) is 9.59 Å². The zero-order chi connectivity index (χ0) is 68.5. The second-order valence-electron chi connectivity index (χ2n) is 28.3. The summed E-state index contributed by atoms with van der Waals surface area (Å²) in [5, 5.41) is 15.8. The second-order valence-corrected chi connectivity index (χ2v) is 28.3. The molecule has 2 unspecified atom stereocenters. The first kappa shape index (κ1) is 69.4. The second kappa shape index (κ2) is 30.7. The molecule has 4 heterocycles. The first-order chi connectivity index (χ1) is 46.5. The number of nitrogens with zero attached hydrogens (tertiary/aromatic N) is 4. The van der Waals surface area contributed by atoms with E-state index in [-0.39, 0.29) is 62.7 Å². The van der Waals surface area contributed by atoms with E-state index in [4.69, 9.17) is 23.7 Å². The molecule has 0 radical (unpaired) electrons. The monoisotopic (exact) mass is 1320 g/mol. The van der Waals surface area contributed by atoms with Gasteiger partial charge in [0.15, 0.2) is 0 Å². The number of likely N-dealkylation sites (tertiary alicyclic amines) is 2. The molecule has 2 saturated heterocycles. The zero-order valence-corrected chi connectivity index (χ0v) is 56.8. The van der Waals surface area contributed by atoms with Crippen LogP contribution in [0.25, 0.3) is 22.3 Å². The van der Waals surface area contributed by atoms with Gasteiger partial charge in [-0.1, -0.05) is 146 Å². The van der Waals surface area contributed by atoms with Crippen LogP contribution in [0.1, 0.15) is 143 Å². The molecule has 0 saturated carbocycles. The Morgan fingerprint density at radius 1 is 0.474 bits per heavy atom. The highest BCUT2D eigenvalue weighted by atomic mass is 16.6. The molecule has 97 heavy (non-hydrogen) atoms. The highest BCUT2D eigenvalue weighted by Gasteiger charge is 2.42. The molecular weight excluding hydrogens is 1230 g/mol. The summed E-state index contributed by atoms with van der Waals surface area (Å²) in [5.74, 6) is -2.39. The highest BCUT2D eigenvalue weighted by molar-refractivity contribution is 5.92. The number of piperidine rings is 2. The van der Waals surface area contributed by atoms with Gasteiger partial charge in [0.1, 0.15) is 54.7 Å². The van der Waals surface area contributed by atoms with Crippen LogP contribution in [0.3, 0.4) is 0 Å². The van der Waals surface area contributed by atoms with E-state index in [9.17, 15) is 38.7 Å². The fourth-order valence-corrected chi connectivity index (χ4v) is 14.3. The van der Waals surface area contributed by atoms with E-state index < -0.39 is 71.3 Å². The number of nitrogens with one attached hydrogen (secondary N) is 2. The number of esters is 3. The van der Waals surface area contributed by atoms with Crippen molar-refractivity contribution in [1.29, 1.82) is 0 Å². The van der Waals surface area contributed by atoms with Gasteiger partial charge in [0, 0.05) is 70.9 Å². The van der Waals surface area contributed by atoms with Crippen LogP contribution >= 0.6 is 0 Å². The van der Waals surface area contributed by atoms with Crippen molar-refractivity contribution in [3.63, 3.8) is 0 Å². The average molecular weight is 1320 g/mol. The normalized spacial score (nSPS) is 18.6. The smallest absolute Gasteiger partial charge is 0.410 e. The Kier molecular flexibility index (Phi) is 22.0. The van der Waals surface area contributed by atoms with Crippen molar-refractivity contribution in [2.75, 3.05) is 52.5 Å². The number of fused-ring (bicyclic) bond motifs is 8. The van der Waals surface area contributed by atoms with Crippen molar-refractivity contribution < 1.29 is 62.4 Å². The number of carbonyl (C=O) groups excluding carboxylic acids is 7. The lowest BCUT2D eigenvalue weighted by molar-refractivity contribution is -0.160. The third kappa shape index (κ3) is 17.3. The standard InChI is InChI=1S/C40H47N3O7.C38H45N3O6/c1-26(44)49-29-17-20-42(21-18-29)22-19-35(38(46)50-40(2,3)4)41-37(45)36-23-27-11-5-6-12-28(27)24-43(36)39(47)48-25-34-32-15-9-7-13-30(32)31-14-8-10-16-33(31)34;1-38(2,3)47-36(44)33(18-21-40-19-16-27(42)17-20-40)39-35(43)34-22-25-10-4-5-11-26(25)23-41(34)37(45)46-24-32-30-14-8-6-12-28(30)29-13-7-9-15-31(29)32/h5-16,29,34-36H,17-25H2,1-4H3,(H,41,45);4-15,27,32-34,42H,16-24H2,1-3H3,(H,39,43)/t35?,36-;33?,34-/m00/s1. The first-order valence-corrected chi connectivity index (χ1v) is 34.3. The summed E-state index contributed by atoms with van der Waals surface area (Å²) in [6.07, 6.45) is 2.49. The Hall–Kier alpha value is -8.91. The van der Waals surface area contributed by atoms with Crippen molar-refractivity contribution in [3.8, 4) is 22.3 Å². The Morgan fingerprint density at radius 3 is 1.15 bits per heavy atom. The molecular formula is C78H92N6O13. The van der Waals surface area contributed by atoms with Crippen LogP contribution in [0.5, 0.6) is 0 Å². The first-order valence-electron chi connectivity index (χ1n) is 34.3. The molecule has 6 aromatic carbocycles. The summed E-state index contributed by atoms with van der Waals surface area (Å²) in [6.45, 7) is 16.9. The lowest BCUT2D eigenvalue weighted by Gasteiger charge is -2.36. The van der Waals surface area contributed by atoms with Crippen LogP contribution in [0.15, 0.2) is 146 Å². The third-order valence-corrected chi connectivity index (χ3v) is 19.2. The van der Waals surface area contributed by atoms with E-state index in [2.05, 4.69) is 69.0 Å². The number of amides is 4. The molecule has 19 heteroatoms. The predicted octanol–water partition coefficient (Wildman–Crippen LogP) is 10.6. The summed E-state index contributed by atoms with van der Waals surface area (Å²) >= 11 is 0. The van der Waals surface area contributed by atoms with Gasteiger partial charge >= 0.3 is 30.1 Å². The third-order valence-electron chi connectivity index (χ3n) is 19.2. The van der Waals surface area contributed by atoms with Gasteiger partial charge in [-0.05, 0) is 147 Å². The molecule has 2 aliphatic carbocycles. The van der Waals surface area contributed by atoms with E-state index in [1.165, 1.54) is 16.7 Å². The van der Waals surface area contributed by atoms with Crippen molar-refractivity contribution in [2.45, 2.75) is 172 Å². The Balaban J connectivity index is 0.000000197. The summed E-state index contributed by atoms with van der Waals surface area (Å²) in [5.41, 5.74) is 11.4. The maximum atomic E-state index is 14.2. The number of hydrogen-bond donors (Lipinski definition) is 3. The number of aliphatic hydroxyl groups is 1. The molecule has 512 valence electrons. The fourth-order valence-electron chi connectivity index (χ4n) is 14.3. The number of aliphatic hydroxyl groups excluding tert-OH is 1. The number of carbonyl (C=O) groups is 7. The molecule has 4 atom stereocenters. The quantitative estimate of drug-likeness (QED) is 0.0571. The number of benzene rings is 6. The van der Waals surface area contributed by atoms with E-state index in [1.807, 2.05) is 97.1 Å². The average Bonchev–Trinajstić information content (AvgIpc) is 1.64. The van der Waals surface area contributed by atoms with Gasteiger partial charge < -0.3 is 49.2 Å². The molecule has 0 aromatic heterocycles. The largest absolute Gasteiger partial charge is 0.462 e. The molecule has 12 rings (SSSR count). The summed E-state index contributed by atoms with van der Waals surface area (Å²) in [4.78, 5) is 102. The van der Waals surface area contributed by atoms with Gasteiger partial charge in [-0.15, -0.1) is 0 Å². The van der Waals surface area contributed by atoms with Crippen molar-refractivity contribution in [1.82, 2.24) is 30.2 Å². The van der Waals surface area contributed by atoms with Crippen LogP contribution in [-0.2, 0) is 73.6 Å². The van der Waals surface area contributed by atoms with E-state index in [0.717, 1.165) is 79.9 Å². The summed E-state index contributed by atoms with van der Waals surface area (Å²) in [7, 11) is 0. The van der Waals surface area contributed by atoms with Crippen LogP contribution in [-0.4, -0.2) is 167 Å². The molecule has 0 bridgehead atoms. The molecule has 6 aliphatic rings. The van der Waals surface area contributed by atoms with Crippen LogP contribution in [0, 0.1) is 0 Å². The number of ether oxygens (including phenoxy) is 5. The Bertz CT molecular complexity index is 3730. The predicted molar refractivity (Wildman–Crippen MR) is 367 cm³/mol. The van der Waals surface area contributed by atoms with E-state index in [1.54, 1.807) is 41.5 Å². The van der Waals surface area contributed by atoms with Gasteiger partial charge in [-0.2, -0.15) is 0 Å². The van der Waals surface area contributed by atoms with E-state index >= 15 is 0 Å². The number of rotatable bonds is 17. The molecule has 6 aromatic rings. The molecule has 4 aliphatic heterocycles. The van der Waals surface area contributed by atoms with Gasteiger partial charge in [-0.25, -0.2) is 19.2 Å². The molecule has 2 fully saturated rings. The van der Waals surface area contributed by atoms with Crippen molar-refractivity contribution in [2.24, 2.45) is 0 Å². The SMILES string of the molecule is CC(=O)OC1CCN(CCC(NC(=O)[C@@H]2Cc3ccccc3CN2C(=O)OCC2c3ccccc3-c3ccccc32)C(=O)OC(C)(C)C)CC1.CC(C)(C)OC(=O)C(CCN1CCC(O)CC1)NC(=O)[C@@H]1Cc2ccccc2CN1C(=O)OCC1c2ccccc2-c2ccccc21. The lowest BCUT2D eigenvalue weighted by Crippen LogP contribution is -2.56. The summed E-state index contributed by atoms with van der Waals surface area (Å²) in [6, 6.07) is 44.7. The van der Waals surface area contributed by atoms with Gasteiger partial charge in [-0.3, -0.25) is 24.2 Å². The van der Waals surface area contributed by atoms with Crippen LogP contribution in [0.2, 0.25) is 0 Å². The molecule has 0 spiro atoms. The topological polar surface area (TPSA) is 223 Å². The van der Waals surface area contributed by atoms with Crippen molar-refractivity contribution in [3.05, 3.63) is 190 Å².